The van der Waals surface area contributed by atoms with Crippen molar-refractivity contribution >= 4 is 15.9 Å². The molecule has 0 fully saturated rings. The van der Waals surface area contributed by atoms with Gasteiger partial charge in [0.05, 0.1) is 6.10 Å². The lowest BCUT2D eigenvalue weighted by Gasteiger charge is -2.15. The first-order valence-corrected chi connectivity index (χ1v) is 6.47. The van der Waals surface area contributed by atoms with E-state index in [1.807, 2.05) is 0 Å². The molecule has 0 heterocycles. The van der Waals surface area contributed by atoms with Gasteiger partial charge in [-0.2, -0.15) is 17.4 Å². The Hall–Kier alpha value is -1.15. The number of nitrogens with two attached hydrogens (primary N) is 1. The summed E-state index contributed by atoms with van der Waals surface area (Å²) in [5, 5.41) is 9.77. The van der Waals surface area contributed by atoms with Gasteiger partial charge in [-0.1, -0.05) is 12.1 Å². The molecule has 0 aliphatic rings. The zero-order valence-electron chi connectivity index (χ0n) is 9.79. The van der Waals surface area contributed by atoms with Crippen molar-refractivity contribution in [1.82, 2.24) is 9.03 Å². The Morgan fingerprint density at radius 1 is 1.35 bits per heavy atom. The van der Waals surface area contributed by atoms with Crippen molar-refractivity contribution < 1.29 is 13.5 Å². The van der Waals surface area contributed by atoms with E-state index in [2.05, 4.69) is 4.72 Å². The number of hydrogen-bond donors (Lipinski definition) is 3. The molecule has 1 rings (SSSR count). The van der Waals surface area contributed by atoms with E-state index in [0.29, 0.717) is 11.3 Å². The average molecular weight is 259 g/mol. The molecule has 1 aromatic rings. The van der Waals surface area contributed by atoms with Gasteiger partial charge >= 0.3 is 0 Å². The van der Waals surface area contributed by atoms with Crippen molar-refractivity contribution in [1.29, 1.82) is 0 Å². The van der Waals surface area contributed by atoms with Crippen LogP contribution in [0.5, 0.6) is 0 Å². The first-order chi connectivity index (χ1) is 7.83. The standard InChI is InChI=1S/C10H17N3O3S/c1-13(2)17(15,16)12-7-10(14)8-3-5-9(11)6-4-8/h3-6,10,12,14H,7,11H2,1-2H3. The predicted molar refractivity (Wildman–Crippen MR) is 66.4 cm³/mol. The molecule has 4 N–H and O–H groups in total. The molecule has 1 aromatic carbocycles. The highest BCUT2D eigenvalue weighted by molar-refractivity contribution is 7.87. The molecule has 6 nitrogen and oxygen atoms in total. The Morgan fingerprint density at radius 3 is 2.35 bits per heavy atom. The summed E-state index contributed by atoms with van der Waals surface area (Å²) >= 11 is 0. The van der Waals surface area contributed by atoms with E-state index in [1.54, 1.807) is 24.3 Å². The number of aliphatic hydroxyl groups excluding tert-OH is 1. The summed E-state index contributed by atoms with van der Waals surface area (Å²) in [7, 11) is -0.682. The third-order valence-electron chi connectivity index (χ3n) is 2.26. The van der Waals surface area contributed by atoms with Gasteiger partial charge in [-0.05, 0) is 17.7 Å². The summed E-state index contributed by atoms with van der Waals surface area (Å²) in [6, 6.07) is 6.62. The van der Waals surface area contributed by atoms with Crippen molar-refractivity contribution in [3.63, 3.8) is 0 Å². The molecule has 0 saturated carbocycles. The molecule has 0 aliphatic heterocycles. The number of nitrogen functional groups attached to an aromatic ring is 1. The van der Waals surface area contributed by atoms with Gasteiger partial charge < -0.3 is 10.8 Å². The van der Waals surface area contributed by atoms with Crippen LogP contribution in [0.4, 0.5) is 5.69 Å². The molecule has 1 unspecified atom stereocenters. The predicted octanol–water partition coefficient (Wildman–Crippen LogP) is -0.302. The van der Waals surface area contributed by atoms with Gasteiger partial charge in [-0.15, -0.1) is 0 Å². The lowest BCUT2D eigenvalue weighted by Crippen LogP contribution is -2.37. The second-order valence-electron chi connectivity index (χ2n) is 3.82. The van der Waals surface area contributed by atoms with Crippen LogP contribution in [0, 0.1) is 0 Å². The second-order valence-corrected chi connectivity index (χ2v) is 5.79. The monoisotopic (exact) mass is 259 g/mol. The fourth-order valence-corrected chi connectivity index (χ4v) is 1.78. The molecule has 0 bridgehead atoms. The topological polar surface area (TPSA) is 95.7 Å². The van der Waals surface area contributed by atoms with Crippen LogP contribution in [0.3, 0.4) is 0 Å². The van der Waals surface area contributed by atoms with Crippen LogP contribution in [0.2, 0.25) is 0 Å². The minimum Gasteiger partial charge on any atom is -0.399 e. The lowest BCUT2D eigenvalue weighted by atomic mass is 10.1. The molecule has 7 heteroatoms. The minimum absolute atomic E-state index is 0.0789. The van der Waals surface area contributed by atoms with Crippen LogP contribution < -0.4 is 10.5 Å². The number of nitrogens with zero attached hydrogens (tertiary/aromatic N) is 1. The maximum Gasteiger partial charge on any atom is 0.279 e. The molecule has 0 aromatic heterocycles. The highest BCUT2D eigenvalue weighted by Gasteiger charge is 2.15. The Labute approximate surface area is 101 Å². The summed E-state index contributed by atoms with van der Waals surface area (Å²) < 4.78 is 26.1. The lowest BCUT2D eigenvalue weighted by molar-refractivity contribution is 0.181. The van der Waals surface area contributed by atoms with Gasteiger partial charge in [-0.3, -0.25) is 0 Å². The Balaban J connectivity index is 2.62. The van der Waals surface area contributed by atoms with Crippen LogP contribution >= 0.6 is 0 Å². The van der Waals surface area contributed by atoms with E-state index < -0.39 is 16.3 Å². The summed E-state index contributed by atoms with van der Waals surface area (Å²) in [5.74, 6) is 0. The third-order valence-corrected chi connectivity index (χ3v) is 3.75. The number of aliphatic hydroxyl groups is 1. The van der Waals surface area contributed by atoms with Crippen LogP contribution in [0.15, 0.2) is 24.3 Å². The minimum atomic E-state index is -3.51. The molecule has 0 aliphatic carbocycles. The van der Waals surface area contributed by atoms with Crippen LogP contribution in [-0.2, 0) is 10.2 Å². The van der Waals surface area contributed by atoms with Crippen molar-refractivity contribution in [3.05, 3.63) is 29.8 Å². The normalized spacial score (nSPS) is 13.9. The number of hydrogen-bond acceptors (Lipinski definition) is 4. The van der Waals surface area contributed by atoms with Gasteiger partial charge in [0.25, 0.3) is 10.2 Å². The first-order valence-electron chi connectivity index (χ1n) is 5.03. The van der Waals surface area contributed by atoms with Gasteiger partial charge in [0.2, 0.25) is 0 Å². The van der Waals surface area contributed by atoms with Crippen molar-refractivity contribution in [2.24, 2.45) is 0 Å². The van der Waals surface area contributed by atoms with Crippen molar-refractivity contribution in [3.8, 4) is 0 Å². The zero-order valence-corrected chi connectivity index (χ0v) is 10.6. The average Bonchev–Trinajstić information content (AvgIpc) is 2.27. The van der Waals surface area contributed by atoms with Gasteiger partial charge in [-0.25, -0.2) is 0 Å². The molecule has 0 spiro atoms. The molecule has 1 atom stereocenters. The summed E-state index contributed by atoms with van der Waals surface area (Å²) in [6.07, 6.45) is -0.898. The molecular weight excluding hydrogens is 242 g/mol. The maximum absolute atomic E-state index is 11.4. The molecule has 0 radical (unpaired) electrons. The van der Waals surface area contributed by atoms with Crippen LogP contribution in [0.25, 0.3) is 0 Å². The smallest absolute Gasteiger partial charge is 0.279 e. The van der Waals surface area contributed by atoms with E-state index in [0.717, 1.165) is 4.31 Å². The molecule has 96 valence electrons. The summed E-state index contributed by atoms with van der Waals surface area (Å²) in [6.45, 7) is -0.0789. The largest absolute Gasteiger partial charge is 0.399 e. The Bertz CT molecular complexity index is 456. The van der Waals surface area contributed by atoms with E-state index in [-0.39, 0.29) is 6.54 Å². The fraction of sp³-hybridized carbons (Fsp3) is 0.400. The maximum atomic E-state index is 11.4. The van der Waals surface area contributed by atoms with Crippen LogP contribution in [-0.4, -0.2) is 38.5 Å². The number of nitrogens with one attached hydrogen (secondary N) is 1. The summed E-state index contributed by atoms with van der Waals surface area (Å²) in [5.41, 5.74) is 6.71. The quantitative estimate of drug-likeness (QED) is 0.632. The van der Waals surface area contributed by atoms with Crippen molar-refractivity contribution in [2.45, 2.75) is 6.10 Å². The highest BCUT2D eigenvalue weighted by atomic mass is 32.2. The SMILES string of the molecule is CN(C)S(=O)(=O)NCC(O)c1ccc(N)cc1. The summed E-state index contributed by atoms with van der Waals surface area (Å²) in [4.78, 5) is 0. The second kappa shape index (κ2) is 5.46. The Morgan fingerprint density at radius 2 is 1.88 bits per heavy atom. The fourth-order valence-electron chi connectivity index (χ4n) is 1.15. The third kappa shape index (κ3) is 3.97. The first kappa shape index (κ1) is 13.9. The molecule has 0 amide bonds. The van der Waals surface area contributed by atoms with E-state index in [9.17, 15) is 13.5 Å². The van der Waals surface area contributed by atoms with Gasteiger partial charge in [0.1, 0.15) is 0 Å². The van der Waals surface area contributed by atoms with E-state index in [1.165, 1.54) is 14.1 Å². The number of benzene rings is 1. The zero-order chi connectivity index (χ0) is 13.1. The van der Waals surface area contributed by atoms with E-state index in [4.69, 9.17) is 5.73 Å². The Kier molecular flexibility index (Phi) is 4.47. The van der Waals surface area contributed by atoms with Gasteiger partial charge in [0, 0.05) is 26.3 Å². The highest BCUT2D eigenvalue weighted by Crippen LogP contribution is 2.14. The van der Waals surface area contributed by atoms with Crippen molar-refractivity contribution in [2.75, 3.05) is 26.4 Å². The van der Waals surface area contributed by atoms with E-state index >= 15 is 0 Å². The number of anilines is 1. The molecule has 0 saturated heterocycles. The number of rotatable bonds is 5. The molecular formula is C10H17N3O3S. The molecule has 17 heavy (non-hydrogen) atoms. The van der Waals surface area contributed by atoms with Gasteiger partial charge in [0.15, 0.2) is 0 Å². The van der Waals surface area contributed by atoms with Crippen LogP contribution in [0.1, 0.15) is 11.7 Å².